The average molecular weight is 364 g/mol. The van der Waals surface area contributed by atoms with Gasteiger partial charge in [0.15, 0.2) is 0 Å². The molecular weight excluding hydrogens is 344 g/mol. The van der Waals surface area contributed by atoms with Crippen molar-refractivity contribution >= 4 is 33.0 Å². The monoisotopic (exact) mass is 364 g/mol. The van der Waals surface area contributed by atoms with Gasteiger partial charge < -0.3 is 4.90 Å². The lowest BCUT2D eigenvalue weighted by Gasteiger charge is -2.25. The number of nitrogens with one attached hydrogen (secondary N) is 1. The third-order valence-corrected chi connectivity index (χ3v) is 7.12. The number of benzene rings is 1. The number of carbonyl (C=O) groups is 1. The number of hydrogen-bond donors (Lipinski definition) is 1. The fourth-order valence-electron chi connectivity index (χ4n) is 2.95. The van der Waals surface area contributed by atoms with Crippen molar-refractivity contribution in [2.75, 3.05) is 11.3 Å². The molecule has 5 nitrogen and oxygen atoms in total. The summed E-state index contributed by atoms with van der Waals surface area (Å²) in [5, 5.41) is 0. The van der Waals surface area contributed by atoms with Crippen LogP contribution >= 0.6 is 11.3 Å². The van der Waals surface area contributed by atoms with Crippen LogP contribution in [-0.4, -0.2) is 25.8 Å². The molecule has 1 amide bonds. The molecule has 0 bridgehead atoms. The van der Waals surface area contributed by atoms with Crippen molar-refractivity contribution in [3.05, 3.63) is 45.8 Å². The van der Waals surface area contributed by atoms with Gasteiger partial charge in [0.25, 0.3) is 10.0 Å². The molecule has 3 rings (SSSR count). The Morgan fingerprint density at radius 3 is 2.46 bits per heavy atom. The van der Waals surface area contributed by atoms with Crippen LogP contribution in [0.1, 0.15) is 28.5 Å². The van der Waals surface area contributed by atoms with E-state index >= 15 is 0 Å². The molecular formula is C17H20N2O3S2. The lowest BCUT2D eigenvalue weighted by molar-refractivity contribution is -0.129. The fourth-order valence-corrected chi connectivity index (χ4v) is 5.53. The molecule has 0 saturated carbocycles. The smallest absolute Gasteiger partial charge is 0.271 e. The SMILES string of the molecule is CC(=O)N1CCc2sc(S(=O)(=O)Nc3cc(C)cc(C)c3)cc2C1. The third-order valence-electron chi connectivity index (χ3n) is 4.03. The van der Waals surface area contributed by atoms with Crippen molar-refractivity contribution in [2.45, 2.75) is 37.9 Å². The summed E-state index contributed by atoms with van der Waals surface area (Å²) in [6, 6.07) is 7.32. The number of anilines is 1. The molecule has 0 radical (unpaired) electrons. The molecule has 128 valence electrons. The number of amides is 1. The van der Waals surface area contributed by atoms with Gasteiger partial charge in [-0.2, -0.15) is 0 Å². The summed E-state index contributed by atoms with van der Waals surface area (Å²) in [4.78, 5) is 14.3. The van der Waals surface area contributed by atoms with E-state index in [4.69, 9.17) is 0 Å². The summed E-state index contributed by atoms with van der Waals surface area (Å²) in [5.41, 5.74) is 3.53. The third kappa shape index (κ3) is 3.47. The van der Waals surface area contributed by atoms with Crippen LogP contribution < -0.4 is 4.72 Å². The maximum atomic E-state index is 12.7. The summed E-state index contributed by atoms with van der Waals surface area (Å²) in [6.07, 6.45) is 0.707. The van der Waals surface area contributed by atoms with Crippen LogP contribution in [0, 0.1) is 13.8 Å². The highest BCUT2D eigenvalue weighted by Gasteiger charge is 2.25. The Morgan fingerprint density at radius 2 is 1.83 bits per heavy atom. The molecule has 7 heteroatoms. The molecule has 1 aromatic heterocycles. The van der Waals surface area contributed by atoms with Gasteiger partial charge in [0.05, 0.1) is 0 Å². The maximum Gasteiger partial charge on any atom is 0.271 e. The normalized spacial score (nSPS) is 14.4. The Bertz CT molecular complexity index is 880. The van der Waals surface area contributed by atoms with Crippen molar-refractivity contribution in [1.29, 1.82) is 0 Å². The van der Waals surface area contributed by atoms with Crippen molar-refractivity contribution in [1.82, 2.24) is 4.90 Å². The Kier molecular flexibility index (Phi) is 4.40. The molecule has 0 aliphatic carbocycles. The number of rotatable bonds is 3. The molecule has 0 spiro atoms. The quantitative estimate of drug-likeness (QED) is 0.910. The van der Waals surface area contributed by atoms with Crippen LogP contribution in [0.5, 0.6) is 0 Å². The summed E-state index contributed by atoms with van der Waals surface area (Å²) >= 11 is 1.30. The summed E-state index contributed by atoms with van der Waals surface area (Å²) in [5.74, 6) is 0.0182. The Hall–Kier alpha value is -1.86. The molecule has 0 fully saturated rings. The summed E-state index contributed by atoms with van der Waals surface area (Å²) in [6.45, 7) is 6.54. The number of carbonyl (C=O) groups excluding carboxylic acids is 1. The zero-order valence-electron chi connectivity index (χ0n) is 13.9. The predicted molar refractivity (Wildman–Crippen MR) is 95.8 cm³/mol. The van der Waals surface area contributed by atoms with Gasteiger partial charge in [-0.05, 0) is 55.2 Å². The molecule has 1 N–H and O–H groups in total. The van der Waals surface area contributed by atoms with Gasteiger partial charge in [-0.25, -0.2) is 8.42 Å². The molecule has 0 atom stereocenters. The van der Waals surface area contributed by atoms with Crippen LogP contribution in [-0.2, 0) is 27.8 Å². The van der Waals surface area contributed by atoms with Gasteiger partial charge in [0.2, 0.25) is 5.91 Å². The summed E-state index contributed by atoms with van der Waals surface area (Å²) in [7, 11) is -3.61. The van der Waals surface area contributed by atoms with Crippen LogP contribution in [0.2, 0.25) is 0 Å². The van der Waals surface area contributed by atoms with Crippen molar-refractivity contribution in [3.63, 3.8) is 0 Å². The second kappa shape index (κ2) is 6.22. The maximum absolute atomic E-state index is 12.7. The van der Waals surface area contributed by atoms with Gasteiger partial charge in [0, 0.05) is 30.6 Å². The molecule has 0 unspecified atom stereocenters. The first-order chi connectivity index (χ1) is 11.2. The van der Waals surface area contributed by atoms with Crippen molar-refractivity contribution < 1.29 is 13.2 Å². The average Bonchev–Trinajstić information content (AvgIpc) is 2.89. The van der Waals surface area contributed by atoms with Gasteiger partial charge in [-0.3, -0.25) is 9.52 Å². The lowest BCUT2D eigenvalue weighted by atomic mass is 10.1. The highest BCUT2D eigenvalue weighted by atomic mass is 32.2. The second-order valence-corrected chi connectivity index (χ2v) is 9.23. The largest absolute Gasteiger partial charge is 0.338 e. The van der Waals surface area contributed by atoms with E-state index < -0.39 is 10.0 Å². The first kappa shape index (κ1) is 17.0. The van der Waals surface area contributed by atoms with Crippen LogP contribution in [0.15, 0.2) is 28.5 Å². The Labute approximate surface area is 146 Å². The van der Waals surface area contributed by atoms with Crippen molar-refractivity contribution in [2.24, 2.45) is 0 Å². The minimum absolute atomic E-state index is 0.0182. The number of fused-ring (bicyclic) bond motifs is 1. The van der Waals surface area contributed by atoms with Crippen LogP contribution in [0.4, 0.5) is 5.69 Å². The van der Waals surface area contributed by atoms with E-state index in [2.05, 4.69) is 4.72 Å². The molecule has 24 heavy (non-hydrogen) atoms. The van der Waals surface area contributed by atoms with E-state index in [1.807, 2.05) is 32.0 Å². The molecule has 1 aromatic carbocycles. The highest BCUT2D eigenvalue weighted by molar-refractivity contribution is 7.94. The first-order valence-electron chi connectivity index (χ1n) is 7.73. The Balaban J connectivity index is 1.87. The number of aryl methyl sites for hydroxylation is 2. The molecule has 2 aromatic rings. The molecule has 1 aliphatic heterocycles. The van der Waals surface area contributed by atoms with Gasteiger partial charge in [-0.1, -0.05) is 6.07 Å². The van der Waals surface area contributed by atoms with Gasteiger partial charge >= 0.3 is 0 Å². The highest BCUT2D eigenvalue weighted by Crippen LogP contribution is 2.32. The zero-order chi connectivity index (χ0) is 17.5. The van der Waals surface area contributed by atoms with E-state index in [0.717, 1.165) is 21.6 Å². The lowest BCUT2D eigenvalue weighted by Crippen LogP contribution is -2.33. The van der Waals surface area contributed by atoms with E-state index in [1.54, 1.807) is 11.0 Å². The fraction of sp³-hybridized carbons (Fsp3) is 0.353. The number of hydrogen-bond acceptors (Lipinski definition) is 4. The predicted octanol–water partition coefficient (Wildman–Crippen LogP) is 3.07. The van der Waals surface area contributed by atoms with Crippen LogP contribution in [0.25, 0.3) is 0 Å². The van der Waals surface area contributed by atoms with Gasteiger partial charge in [-0.15, -0.1) is 11.3 Å². The van der Waals surface area contributed by atoms with E-state index in [0.29, 0.717) is 29.4 Å². The first-order valence-corrected chi connectivity index (χ1v) is 10.0. The minimum Gasteiger partial charge on any atom is -0.338 e. The number of nitrogens with zero attached hydrogens (tertiary/aromatic N) is 1. The minimum atomic E-state index is -3.61. The second-order valence-electron chi connectivity index (χ2n) is 6.19. The van der Waals surface area contributed by atoms with E-state index in [-0.39, 0.29) is 5.91 Å². The zero-order valence-corrected chi connectivity index (χ0v) is 15.6. The van der Waals surface area contributed by atoms with E-state index in [1.165, 1.54) is 18.3 Å². The van der Waals surface area contributed by atoms with Crippen molar-refractivity contribution in [3.8, 4) is 0 Å². The summed E-state index contributed by atoms with van der Waals surface area (Å²) < 4.78 is 28.3. The van der Waals surface area contributed by atoms with E-state index in [9.17, 15) is 13.2 Å². The molecule has 2 heterocycles. The number of thiophene rings is 1. The topological polar surface area (TPSA) is 66.5 Å². The molecule has 1 aliphatic rings. The molecule has 0 saturated heterocycles. The standard InChI is InChI=1S/C17H20N2O3S2/c1-11-6-12(2)8-15(7-11)18-24(21,22)17-9-14-10-19(13(3)20)5-4-16(14)23-17/h6-9,18H,4-5,10H2,1-3H3. The Morgan fingerprint density at radius 1 is 1.17 bits per heavy atom. The van der Waals surface area contributed by atoms with Gasteiger partial charge in [0.1, 0.15) is 4.21 Å². The van der Waals surface area contributed by atoms with Crippen LogP contribution in [0.3, 0.4) is 0 Å². The number of sulfonamides is 1.